The molecule has 0 bridgehead atoms. The molecule has 4 nitrogen and oxygen atoms in total. The molecule has 0 aliphatic heterocycles. The van der Waals surface area contributed by atoms with Gasteiger partial charge in [-0.15, -0.1) is 17.0 Å². The van der Waals surface area contributed by atoms with Crippen molar-refractivity contribution in [2.45, 2.75) is 13.2 Å². The van der Waals surface area contributed by atoms with Crippen LogP contribution in [0, 0.1) is 0 Å². The van der Waals surface area contributed by atoms with Gasteiger partial charge in [0.1, 0.15) is 0 Å². The molecule has 124 valence electrons. The molecule has 0 saturated carbocycles. The van der Waals surface area contributed by atoms with Crippen molar-refractivity contribution in [3.05, 3.63) is 71.8 Å². The summed E-state index contributed by atoms with van der Waals surface area (Å²) in [5.41, 5.74) is 2.22. The maximum Gasteiger partial charge on any atom is 0.317 e. The van der Waals surface area contributed by atoms with Crippen LogP contribution in [0.5, 0.6) is 0 Å². The van der Waals surface area contributed by atoms with E-state index in [0.717, 1.165) is 11.1 Å². The lowest BCUT2D eigenvalue weighted by Crippen LogP contribution is -2.32. The van der Waals surface area contributed by atoms with Gasteiger partial charge in [-0.3, -0.25) is 9.69 Å². The number of carboxylic acids is 1. The molecule has 23 heavy (non-hydrogen) atoms. The molecule has 0 fully saturated rings. The highest BCUT2D eigenvalue weighted by Gasteiger charge is 2.10. The van der Waals surface area contributed by atoms with E-state index >= 15 is 0 Å². The molecule has 0 aromatic heterocycles. The lowest BCUT2D eigenvalue weighted by atomic mass is 10.2. The summed E-state index contributed by atoms with van der Waals surface area (Å²) in [5.74, 6) is -0.820. The lowest BCUT2D eigenvalue weighted by molar-refractivity contribution is -0.138. The van der Waals surface area contributed by atoms with Gasteiger partial charge in [0.25, 0.3) is 0 Å². The molecule has 0 aliphatic rings. The first kappa shape index (κ1) is 19.4. The highest BCUT2D eigenvalue weighted by Crippen LogP contribution is 2.05. The second kappa shape index (κ2) is 10.9. The summed E-state index contributed by atoms with van der Waals surface area (Å²) >= 11 is 0. The molecule has 0 saturated heterocycles. The van der Waals surface area contributed by atoms with Crippen LogP contribution < -0.4 is 0 Å². The van der Waals surface area contributed by atoms with Gasteiger partial charge in [0.05, 0.1) is 19.8 Å². The Morgan fingerprint density at radius 2 is 1.52 bits per heavy atom. The van der Waals surface area contributed by atoms with Gasteiger partial charge in [-0.25, -0.2) is 0 Å². The average Bonchev–Trinajstić information content (AvgIpc) is 2.53. The summed E-state index contributed by atoms with van der Waals surface area (Å²) in [6, 6.07) is 19.8. The molecular weight excluding hydrogens is 358 g/mol. The third-order valence-electron chi connectivity index (χ3n) is 3.27. The number of hydrogen-bond donors (Lipinski definition) is 1. The number of carboxylic acid groups (broad SMARTS) is 1. The van der Waals surface area contributed by atoms with E-state index in [9.17, 15) is 4.79 Å². The normalized spacial score (nSPS) is 10.3. The number of aliphatic carboxylic acids is 1. The van der Waals surface area contributed by atoms with Gasteiger partial charge in [-0.1, -0.05) is 60.7 Å². The van der Waals surface area contributed by atoms with Gasteiger partial charge in [-0.2, -0.15) is 0 Å². The summed E-state index contributed by atoms with van der Waals surface area (Å²) in [5, 5.41) is 9.01. The van der Waals surface area contributed by atoms with E-state index < -0.39 is 5.97 Å². The fourth-order valence-corrected chi connectivity index (χ4v) is 2.20. The van der Waals surface area contributed by atoms with Gasteiger partial charge in [0.2, 0.25) is 0 Å². The minimum absolute atomic E-state index is 0. The molecule has 0 amide bonds. The van der Waals surface area contributed by atoms with Crippen LogP contribution >= 0.6 is 17.0 Å². The number of hydrogen-bond acceptors (Lipinski definition) is 3. The Bertz CT molecular complexity index is 563. The highest BCUT2D eigenvalue weighted by atomic mass is 79.9. The van der Waals surface area contributed by atoms with Crippen LogP contribution in [0.2, 0.25) is 0 Å². The fraction of sp³-hybridized carbons (Fsp3) is 0.278. The molecule has 2 rings (SSSR count). The van der Waals surface area contributed by atoms with E-state index in [1.54, 1.807) is 0 Å². The number of ether oxygens (including phenoxy) is 1. The van der Waals surface area contributed by atoms with Crippen molar-refractivity contribution in [1.82, 2.24) is 4.90 Å². The van der Waals surface area contributed by atoms with Crippen LogP contribution in [0.3, 0.4) is 0 Å². The molecule has 0 radical (unpaired) electrons. The number of halogens is 1. The molecule has 0 atom stereocenters. The Kier molecular flexibility index (Phi) is 9.21. The second-order valence-electron chi connectivity index (χ2n) is 5.13. The topological polar surface area (TPSA) is 49.8 Å². The van der Waals surface area contributed by atoms with Crippen molar-refractivity contribution < 1.29 is 14.6 Å². The number of benzene rings is 2. The molecule has 2 aromatic carbocycles. The van der Waals surface area contributed by atoms with Crippen LogP contribution in [-0.4, -0.2) is 35.7 Å². The predicted octanol–water partition coefficient (Wildman–Crippen LogP) is 3.37. The standard InChI is InChI=1S/C18H21NO3.BrH/c20-18(21)14-19(13-16-7-3-1-4-8-16)11-12-22-15-17-9-5-2-6-10-17;/h1-10H,11-15H2,(H,20,21);1H. The van der Waals surface area contributed by atoms with Gasteiger partial charge in [0.15, 0.2) is 0 Å². The average molecular weight is 380 g/mol. The minimum Gasteiger partial charge on any atom is -0.480 e. The van der Waals surface area contributed by atoms with Gasteiger partial charge in [-0.05, 0) is 11.1 Å². The van der Waals surface area contributed by atoms with Crippen LogP contribution in [0.1, 0.15) is 11.1 Å². The number of rotatable bonds is 9. The second-order valence-corrected chi connectivity index (χ2v) is 5.13. The van der Waals surface area contributed by atoms with Crippen LogP contribution in [-0.2, 0) is 22.7 Å². The summed E-state index contributed by atoms with van der Waals surface area (Å²) in [4.78, 5) is 12.8. The molecule has 2 aromatic rings. The Balaban J connectivity index is 0.00000264. The highest BCUT2D eigenvalue weighted by molar-refractivity contribution is 8.93. The van der Waals surface area contributed by atoms with Crippen molar-refractivity contribution in [3.63, 3.8) is 0 Å². The van der Waals surface area contributed by atoms with Crippen LogP contribution in [0.15, 0.2) is 60.7 Å². The first-order valence-electron chi connectivity index (χ1n) is 7.34. The summed E-state index contributed by atoms with van der Waals surface area (Å²) in [6.07, 6.45) is 0. The third kappa shape index (κ3) is 7.93. The molecular formula is C18H22BrNO3. The molecule has 0 unspecified atom stereocenters. The SMILES string of the molecule is Br.O=C(O)CN(CCOCc1ccccc1)Cc1ccccc1. The minimum atomic E-state index is -0.820. The number of nitrogens with zero attached hydrogens (tertiary/aromatic N) is 1. The van der Waals surface area contributed by atoms with E-state index in [2.05, 4.69) is 0 Å². The van der Waals surface area contributed by atoms with Crippen molar-refractivity contribution in [1.29, 1.82) is 0 Å². The maximum atomic E-state index is 11.0. The molecule has 1 N–H and O–H groups in total. The zero-order valence-electron chi connectivity index (χ0n) is 12.9. The maximum absolute atomic E-state index is 11.0. The largest absolute Gasteiger partial charge is 0.480 e. The Morgan fingerprint density at radius 1 is 0.957 bits per heavy atom. The van der Waals surface area contributed by atoms with Crippen molar-refractivity contribution in [2.24, 2.45) is 0 Å². The summed E-state index contributed by atoms with van der Waals surface area (Å²) < 4.78 is 5.63. The number of carbonyl (C=O) groups is 1. The predicted molar refractivity (Wildman–Crippen MR) is 95.8 cm³/mol. The molecule has 0 aliphatic carbocycles. The molecule has 0 spiro atoms. The van der Waals surface area contributed by atoms with E-state index in [-0.39, 0.29) is 23.5 Å². The van der Waals surface area contributed by atoms with Crippen molar-refractivity contribution >= 4 is 23.0 Å². The zero-order chi connectivity index (χ0) is 15.6. The smallest absolute Gasteiger partial charge is 0.317 e. The molecule has 5 heteroatoms. The van der Waals surface area contributed by atoms with E-state index in [4.69, 9.17) is 9.84 Å². The van der Waals surface area contributed by atoms with Crippen LogP contribution in [0.25, 0.3) is 0 Å². The van der Waals surface area contributed by atoms with E-state index in [1.807, 2.05) is 65.6 Å². The Labute approximate surface area is 147 Å². The van der Waals surface area contributed by atoms with Gasteiger partial charge in [0, 0.05) is 13.1 Å². The molecule has 0 heterocycles. The van der Waals surface area contributed by atoms with Crippen molar-refractivity contribution in [3.8, 4) is 0 Å². The first-order valence-corrected chi connectivity index (χ1v) is 7.34. The van der Waals surface area contributed by atoms with E-state index in [1.165, 1.54) is 0 Å². The monoisotopic (exact) mass is 379 g/mol. The summed E-state index contributed by atoms with van der Waals surface area (Å²) in [7, 11) is 0. The van der Waals surface area contributed by atoms with Gasteiger partial charge < -0.3 is 9.84 Å². The lowest BCUT2D eigenvalue weighted by Gasteiger charge is -2.20. The van der Waals surface area contributed by atoms with E-state index in [0.29, 0.717) is 26.3 Å². The van der Waals surface area contributed by atoms with Crippen LogP contribution in [0.4, 0.5) is 0 Å². The summed E-state index contributed by atoms with van der Waals surface area (Å²) in [6.45, 7) is 2.28. The third-order valence-corrected chi connectivity index (χ3v) is 3.27. The van der Waals surface area contributed by atoms with Crippen molar-refractivity contribution in [2.75, 3.05) is 19.7 Å². The Hall–Kier alpha value is -1.69. The first-order chi connectivity index (χ1) is 10.7. The Morgan fingerprint density at radius 3 is 2.09 bits per heavy atom. The van der Waals surface area contributed by atoms with Gasteiger partial charge >= 0.3 is 5.97 Å². The quantitative estimate of drug-likeness (QED) is 0.678. The fourth-order valence-electron chi connectivity index (χ4n) is 2.20. The zero-order valence-corrected chi connectivity index (χ0v) is 14.6.